The third-order valence-corrected chi connectivity index (χ3v) is 5.00. The van der Waals surface area contributed by atoms with Crippen molar-refractivity contribution in [1.29, 1.82) is 5.26 Å². The van der Waals surface area contributed by atoms with E-state index >= 15 is 0 Å². The van der Waals surface area contributed by atoms with Crippen LogP contribution in [-0.2, 0) is 14.3 Å². The Kier molecular flexibility index (Phi) is 8.06. The normalized spacial score (nSPS) is 16.0. The number of nitriles is 1. The molecule has 0 radical (unpaired) electrons. The molecule has 0 unspecified atom stereocenters. The fourth-order valence-electron chi connectivity index (χ4n) is 3.23. The van der Waals surface area contributed by atoms with Crippen molar-refractivity contribution in [3.63, 3.8) is 0 Å². The summed E-state index contributed by atoms with van der Waals surface area (Å²) in [5, 5.41) is 12.2. The van der Waals surface area contributed by atoms with Gasteiger partial charge in [0.1, 0.15) is 11.6 Å². The third kappa shape index (κ3) is 6.41. The van der Waals surface area contributed by atoms with Gasteiger partial charge in [0.25, 0.3) is 5.91 Å². The van der Waals surface area contributed by atoms with E-state index in [1.165, 1.54) is 32.3 Å². The van der Waals surface area contributed by atoms with Crippen LogP contribution in [0.15, 0.2) is 29.8 Å². The fraction of sp³-hybridized carbons (Fsp3) is 0.500. The molecule has 0 spiro atoms. The van der Waals surface area contributed by atoms with Gasteiger partial charge >= 0.3 is 5.97 Å². The Hall–Kier alpha value is -2.81. The van der Waals surface area contributed by atoms with Crippen molar-refractivity contribution in [3.05, 3.63) is 35.4 Å². The molecule has 1 aliphatic rings. The summed E-state index contributed by atoms with van der Waals surface area (Å²) in [5.41, 5.74) is 1.60. The topological polar surface area (TPSA) is 82.4 Å². The van der Waals surface area contributed by atoms with Crippen molar-refractivity contribution in [2.24, 2.45) is 5.92 Å². The SMILES string of the molecule is C[C@@H](OC(=O)/C(C#N)=C/c1ccc(N(C)C)cc1)C(=O)NCC1CCCCC1. The first-order valence-electron chi connectivity index (χ1n) is 9.78. The van der Waals surface area contributed by atoms with Gasteiger partial charge in [-0.3, -0.25) is 4.79 Å². The standard InChI is InChI=1S/C22H29N3O3/c1-16(21(26)24-15-18-7-5-4-6-8-18)28-22(27)19(14-23)13-17-9-11-20(12-10-17)25(2)3/h9-13,16,18H,4-8,15H2,1-3H3,(H,24,26)/b19-13+/t16-/m1/s1. The fourth-order valence-corrected chi connectivity index (χ4v) is 3.23. The Balaban J connectivity index is 1.90. The van der Waals surface area contributed by atoms with Gasteiger partial charge in [-0.1, -0.05) is 31.4 Å². The molecule has 1 aromatic rings. The molecule has 1 aromatic carbocycles. The van der Waals surface area contributed by atoms with Crippen molar-refractivity contribution < 1.29 is 14.3 Å². The minimum Gasteiger partial charge on any atom is -0.448 e. The Morgan fingerprint density at radius 1 is 1.25 bits per heavy atom. The van der Waals surface area contributed by atoms with E-state index < -0.39 is 12.1 Å². The van der Waals surface area contributed by atoms with E-state index in [0.29, 0.717) is 18.0 Å². The molecule has 28 heavy (non-hydrogen) atoms. The van der Waals surface area contributed by atoms with Gasteiger partial charge < -0.3 is 15.0 Å². The number of amides is 1. The number of benzene rings is 1. The zero-order chi connectivity index (χ0) is 20.5. The van der Waals surface area contributed by atoms with Gasteiger partial charge in [-0.25, -0.2) is 4.79 Å². The highest BCUT2D eigenvalue weighted by Crippen LogP contribution is 2.22. The molecule has 6 heteroatoms. The first-order chi connectivity index (χ1) is 13.4. The number of hydrogen-bond acceptors (Lipinski definition) is 5. The number of rotatable bonds is 7. The maximum absolute atomic E-state index is 12.3. The monoisotopic (exact) mass is 383 g/mol. The largest absolute Gasteiger partial charge is 0.448 e. The highest BCUT2D eigenvalue weighted by Gasteiger charge is 2.22. The number of hydrogen-bond donors (Lipinski definition) is 1. The van der Waals surface area contributed by atoms with Crippen molar-refractivity contribution in [3.8, 4) is 6.07 Å². The Labute approximate surface area is 167 Å². The molecule has 0 aromatic heterocycles. The lowest BCUT2D eigenvalue weighted by atomic mass is 9.89. The van der Waals surface area contributed by atoms with Crippen molar-refractivity contribution in [1.82, 2.24) is 5.32 Å². The van der Waals surface area contributed by atoms with E-state index in [9.17, 15) is 14.9 Å². The smallest absolute Gasteiger partial charge is 0.349 e. The molecule has 0 aliphatic heterocycles. The van der Waals surface area contributed by atoms with Crippen LogP contribution in [0.4, 0.5) is 5.69 Å². The highest BCUT2D eigenvalue weighted by atomic mass is 16.5. The Bertz CT molecular complexity index is 741. The molecular formula is C22H29N3O3. The maximum Gasteiger partial charge on any atom is 0.349 e. The number of esters is 1. The molecule has 0 saturated heterocycles. The maximum atomic E-state index is 12.3. The lowest BCUT2D eigenvalue weighted by Crippen LogP contribution is -2.38. The summed E-state index contributed by atoms with van der Waals surface area (Å²) in [7, 11) is 3.87. The van der Waals surface area contributed by atoms with Gasteiger partial charge in [-0.2, -0.15) is 5.26 Å². The average molecular weight is 383 g/mol. The van der Waals surface area contributed by atoms with Crippen molar-refractivity contribution >= 4 is 23.6 Å². The molecule has 1 aliphatic carbocycles. The molecule has 2 rings (SSSR count). The number of nitrogens with one attached hydrogen (secondary N) is 1. The second-order valence-electron chi connectivity index (χ2n) is 7.45. The molecule has 0 heterocycles. The van der Waals surface area contributed by atoms with Crippen LogP contribution in [0.3, 0.4) is 0 Å². The van der Waals surface area contributed by atoms with Gasteiger partial charge in [0.2, 0.25) is 0 Å². The number of nitrogens with zero attached hydrogens (tertiary/aromatic N) is 2. The second kappa shape index (κ2) is 10.5. The van der Waals surface area contributed by atoms with Crippen LogP contribution in [0.5, 0.6) is 0 Å². The van der Waals surface area contributed by atoms with Gasteiger partial charge in [-0.05, 0) is 49.5 Å². The zero-order valence-corrected chi connectivity index (χ0v) is 16.9. The number of carbonyl (C=O) groups is 2. The van der Waals surface area contributed by atoms with E-state index in [1.54, 1.807) is 0 Å². The quantitative estimate of drug-likeness (QED) is 0.444. The first kappa shape index (κ1) is 21.5. The van der Waals surface area contributed by atoms with Crippen molar-refractivity contribution in [2.75, 3.05) is 25.5 Å². The predicted molar refractivity (Wildman–Crippen MR) is 109 cm³/mol. The molecule has 6 nitrogen and oxygen atoms in total. The van der Waals surface area contributed by atoms with E-state index in [2.05, 4.69) is 5.32 Å². The van der Waals surface area contributed by atoms with E-state index in [1.807, 2.05) is 49.3 Å². The average Bonchev–Trinajstić information content (AvgIpc) is 2.71. The lowest BCUT2D eigenvalue weighted by Gasteiger charge is -2.22. The summed E-state index contributed by atoms with van der Waals surface area (Å²) in [6.07, 6.45) is 6.45. The summed E-state index contributed by atoms with van der Waals surface area (Å²) in [6.45, 7) is 2.13. The summed E-state index contributed by atoms with van der Waals surface area (Å²) in [6, 6.07) is 9.29. The molecule has 1 N–H and O–H groups in total. The van der Waals surface area contributed by atoms with Crippen LogP contribution in [-0.4, -0.2) is 38.6 Å². The van der Waals surface area contributed by atoms with Crippen LogP contribution in [0.2, 0.25) is 0 Å². The van der Waals surface area contributed by atoms with E-state index in [4.69, 9.17) is 4.74 Å². The highest BCUT2D eigenvalue weighted by molar-refractivity contribution is 5.99. The minimum absolute atomic E-state index is 0.135. The zero-order valence-electron chi connectivity index (χ0n) is 16.9. The number of ether oxygens (including phenoxy) is 1. The molecule has 150 valence electrons. The molecular weight excluding hydrogens is 354 g/mol. The second-order valence-corrected chi connectivity index (χ2v) is 7.45. The predicted octanol–water partition coefficient (Wildman–Crippen LogP) is 3.29. The van der Waals surface area contributed by atoms with Gasteiger partial charge in [-0.15, -0.1) is 0 Å². The van der Waals surface area contributed by atoms with E-state index in [-0.39, 0.29) is 11.5 Å². The molecule has 0 bridgehead atoms. The first-order valence-corrected chi connectivity index (χ1v) is 9.78. The Morgan fingerprint density at radius 3 is 2.46 bits per heavy atom. The van der Waals surface area contributed by atoms with Crippen LogP contribution in [0.25, 0.3) is 6.08 Å². The van der Waals surface area contributed by atoms with Crippen LogP contribution < -0.4 is 10.2 Å². The number of carbonyl (C=O) groups excluding carboxylic acids is 2. The van der Waals surface area contributed by atoms with Crippen molar-refractivity contribution in [2.45, 2.75) is 45.1 Å². The summed E-state index contributed by atoms with van der Waals surface area (Å²) in [4.78, 5) is 26.4. The van der Waals surface area contributed by atoms with Crippen LogP contribution in [0, 0.1) is 17.2 Å². The number of anilines is 1. The Morgan fingerprint density at radius 2 is 1.89 bits per heavy atom. The van der Waals surface area contributed by atoms with Crippen LogP contribution >= 0.6 is 0 Å². The summed E-state index contributed by atoms with van der Waals surface area (Å²) < 4.78 is 5.19. The van der Waals surface area contributed by atoms with Gasteiger partial charge in [0, 0.05) is 26.3 Å². The molecule has 1 atom stereocenters. The lowest BCUT2D eigenvalue weighted by molar-refractivity contribution is -0.150. The van der Waals surface area contributed by atoms with Crippen LogP contribution in [0.1, 0.15) is 44.6 Å². The minimum atomic E-state index is -0.941. The molecule has 1 fully saturated rings. The summed E-state index contributed by atoms with van der Waals surface area (Å²) >= 11 is 0. The molecule has 1 saturated carbocycles. The van der Waals surface area contributed by atoms with E-state index in [0.717, 1.165) is 18.5 Å². The third-order valence-electron chi connectivity index (χ3n) is 5.00. The molecule has 1 amide bonds. The van der Waals surface area contributed by atoms with Gasteiger partial charge in [0.15, 0.2) is 6.10 Å². The van der Waals surface area contributed by atoms with Gasteiger partial charge in [0.05, 0.1) is 0 Å². The summed E-state index contributed by atoms with van der Waals surface area (Å²) in [5.74, 6) is -0.619.